The van der Waals surface area contributed by atoms with Crippen LogP contribution >= 0.6 is 0 Å². The Morgan fingerprint density at radius 2 is 1.60 bits per heavy atom. The van der Waals surface area contributed by atoms with E-state index in [9.17, 15) is 9.59 Å². The van der Waals surface area contributed by atoms with Gasteiger partial charge in [0.25, 0.3) is 0 Å². The average molecular weight is 281 g/mol. The zero-order valence-electron chi connectivity index (χ0n) is 12.7. The average Bonchev–Trinajstić information content (AvgIpc) is 2.39. The molecule has 0 aromatic rings. The maximum atomic E-state index is 12.5. The van der Waals surface area contributed by atoms with Crippen molar-refractivity contribution in [2.45, 2.75) is 58.0 Å². The third kappa shape index (κ3) is 3.51. The van der Waals surface area contributed by atoms with E-state index in [1.807, 2.05) is 0 Å². The van der Waals surface area contributed by atoms with E-state index < -0.39 is 0 Å². The highest BCUT2D eigenvalue weighted by atomic mass is 16.2. The number of primary amides is 1. The van der Waals surface area contributed by atoms with Crippen molar-refractivity contribution in [2.75, 3.05) is 19.6 Å². The highest BCUT2D eigenvalue weighted by Crippen LogP contribution is 2.23. The van der Waals surface area contributed by atoms with Crippen LogP contribution in [0.1, 0.15) is 46.0 Å². The molecule has 2 N–H and O–H groups in total. The second kappa shape index (κ2) is 6.57. The summed E-state index contributed by atoms with van der Waals surface area (Å²) in [7, 11) is 0. The molecule has 0 aromatic carbocycles. The lowest BCUT2D eigenvalue weighted by atomic mass is 9.95. The van der Waals surface area contributed by atoms with E-state index in [2.05, 4.69) is 23.6 Å². The van der Waals surface area contributed by atoms with Gasteiger partial charge in [-0.3, -0.25) is 14.5 Å². The van der Waals surface area contributed by atoms with Gasteiger partial charge in [-0.05, 0) is 59.0 Å². The van der Waals surface area contributed by atoms with Crippen molar-refractivity contribution in [3.05, 3.63) is 0 Å². The Hall–Kier alpha value is -1.10. The minimum absolute atomic E-state index is 0.00538. The number of hydrogen-bond acceptors (Lipinski definition) is 3. The summed E-state index contributed by atoms with van der Waals surface area (Å²) in [5, 5.41) is 0. The van der Waals surface area contributed by atoms with Crippen LogP contribution in [0.25, 0.3) is 0 Å². The summed E-state index contributed by atoms with van der Waals surface area (Å²) in [6.07, 6.45) is 5.01. The Morgan fingerprint density at radius 3 is 2.10 bits per heavy atom. The summed E-state index contributed by atoms with van der Waals surface area (Å²) in [5.74, 6) is 0.0330. The van der Waals surface area contributed by atoms with Gasteiger partial charge in [-0.25, -0.2) is 0 Å². The molecular formula is C15H27N3O2. The Balaban J connectivity index is 1.84. The van der Waals surface area contributed by atoms with Crippen molar-refractivity contribution in [1.29, 1.82) is 0 Å². The number of piperidine rings is 2. The summed E-state index contributed by atoms with van der Waals surface area (Å²) in [6.45, 7) is 6.38. The molecular weight excluding hydrogens is 254 g/mol. The lowest BCUT2D eigenvalue weighted by Gasteiger charge is -2.40. The van der Waals surface area contributed by atoms with Crippen molar-refractivity contribution in [3.63, 3.8) is 0 Å². The van der Waals surface area contributed by atoms with Crippen molar-refractivity contribution < 1.29 is 9.59 Å². The van der Waals surface area contributed by atoms with Gasteiger partial charge in [-0.1, -0.05) is 0 Å². The minimum atomic E-state index is -0.200. The first-order chi connectivity index (χ1) is 9.49. The summed E-state index contributed by atoms with van der Waals surface area (Å²) in [5.41, 5.74) is 5.33. The van der Waals surface area contributed by atoms with Crippen LogP contribution in [0.3, 0.4) is 0 Å². The second-order valence-corrected chi connectivity index (χ2v) is 6.38. The zero-order valence-corrected chi connectivity index (χ0v) is 12.7. The number of rotatable bonds is 3. The molecule has 2 fully saturated rings. The molecule has 2 atom stereocenters. The van der Waals surface area contributed by atoms with E-state index in [1.165, 1.54) is 6.42 Å². The molecule has 2 aliphatic heterocycles. The predicted molar refractivity (Wildman–Crippen MR) is 78.0 cm³/mol. The number of carbonyl (C=O) groups excluding carboxylic acids is 2. The minimum Gasteiger partial charge on any atom is -0.369 e. The van der Waals surface area contributed by atoms with Gasteiger partial charge in [0.15, 0.2) is 0 Å². The quantitative estimate of drug-likeness (QED) is 0.838. The van der Waals surface area contributed by atoms with Crippen LogP contribution in [-0.2, 0) is 9.59 Å². The Morgan fingerprint density at radius 1 is 1.05 bits per heavy atom. The molecule has 2 heterocycles. The molecule has 20 heavy (non-hydrogen) atoms. The molecule has 2 rings (SSSR count). The monoisotopic (exact) mass is 281 g/mol. The number of nitrogens with two attached hydrogens (primary N) is 1. The number of likely N-dealkylation sites (tertiary alicyclic amines) is 2. The number of amides is 2. The molecule has 0 unspecified atom stereocenters. The molecule has 0 spiro atoms. The van der Waals surface area contributed by atoms with Gasteiger partial charge in [-0.2, -0.15) is 0 Å². The maximum absolute atomic E-state index is 12.5. The molecule has 2 aliphatic rings. The SMILES string of the molecule is C[C@@H]1CCC[C@@H](C)N1C(=O)CN1CCC(C(N)=O)CC1. The highest BCUT2D eigenvalue weighted by molar-refractivity contribution is 5.79. The number of carbonyl (C=O) groups is 2. The van der Waals surface area contributed by atoms with Crippen molar-refractivity contribution in [1.82, 2.24) is 9.80 Å². The van der Waals surface area contributed by atoms with Gasteiger partial charge in [-0.15, -0.1) is 0 Å². The molecule has 0 saturated carbocycles. The smallest absolute Gasteiger partial charge is 0.237 e. The predicted octanol–water partition coefficient (Wildman–Crippen LogP) is 0.973. The highest BCUT2D eigenvalue weighted by Gasteiger charge is 2.31. The summed E-state index contributed by atoms with van der Waals surface area (Å²) >= 11 is 0. The molecule has 114 valence electrons. The van der Waals surface area contributed by atoms with Crippen molar-refractivity contribution in [2.24, 2.45) is 11.7 Å². The van der Waals surface area contributed by atoms with E-state index in [0.717, 1.165) is 38.8 Å². The van der Waals surface area contributed by atoms with Crippen LogP contribution < -0.4 is 5.73 Å². The van der Waals surface area contributed by atoms with Crippen molar-refractivity contribution in [3.8, 4) is 0 Å². The topological polar surface area (TPSA) is 66.6 Å². The lowest BCUT2D eigenvalue weighted by molar-refractivity contribution is -0.138. The normalized spacial score (nSPS) is 29.4. The molecule has 0 aromatic heterocycles. The molecule has 0 bridgehead atoms. The van der Waals surface area contributed by atoms with Crippen LogP contribution in [-0.4, -0.2) is 53.3 Å². The molecule has 0 radical (unpaired) electrons. The first kappa shape index (κ1) is 15.3. The Kier molecular flexibility index (Phi) is 5.02. The van der Waals surface area contributed by atoms with Gasteiger partial charge in [0, 0.05) is 18.0 Å². The third-order valence-electron chi connectivity index (χ3n) is 4.83. The molecule has 5 heteroatoms. The van der Waals surface area contributed by atoms with Crippen molar-refractivity contribution >= 4 is 11.8 Å². The standard InChI is InChI=1S/C15H27N3O2/c1-11-4-3-5-12(2)18(11)14(19)10-17-8-6-13(7-9-17)15(16)20/h11-13H,3-10H2,1-2H3,(H2,16,20)/t11-,12-/m1/s1. The molecule has 5 nitrogen and oxygen atoms in total. The fourth-order valence-corrected chi connectivity index (χ4v) is 3.56. The molecule has 2 saturated heterocycles. The fourth-order valence-electron chi connectivity index (χ4n) is 3.56. The largest absolute Gasteiger partial charge is 0.369 e. The first-order valence-corrected chi connectivity index (χ1v) is 7.82. The van der Waals surface area contributed by atoms with Crippen LogP contribution in [0.2, 0.25) is 0 Å². The van der Waals surface area contributed by atoms with Gasteiger partial charge in [0.1, 0.15) is 0 Å². The van der Waals surface area contributed by atoms with E-state index in [0.29, 0.717) is 18.6 Å². The van der Waals surface area contributed by atoms with E-state index >= 15 is 0 Å². The van der Waals surface area contributed by atoms with Crippen LogP contribution in [0.4, 0.5) is 0 Å². The molecule has 0 aliphatic carbocycles. The van der Waals surface area contributed by atoms with E-state index in [-0.39, 0.29) is 17.7 Å². The molecule has 2 amide bonds. The summed E-state index contributed by atoms with van der Waals surface area (Å²) in [4.78, 5) is 27.9. The van der Waals surface area contributed by atoms with Crippen LogP contribution in [0.15, 0.2) is 0 Å². The van der Waals surface area contributed by atoms with E-state index in [4.69, 9.17) is 5.73 Å². The fraction of sp³-hybridized carbons (Fsp3) is 0.867. The van der Waals surface area contributed by atoms with Gasteiger partial charge >= 0.3 is 0 Å². The Bertz CT molecular complexity index is 354. The van der Waals surface area contributed by atoms with Gasteiger partial charge in [0.2, 0.25) is 11.8 Å². The third-order valence-corrected chi connectivity index (χ3v) is 4.83. The second-order valence-electron chi connectivity index (χ2n) is 6.38. The summed E-state index contributed by atoms with van der Waals surface area (Å²) < 4.78 is 0. The van der Waals surface area contributed by atoms with Gasteiger partial charge in [0.05, 0.1) is 6.54 Å². The van der Waals surface area contributed by atoms with Gasteiger partial charge < -0.3 is 10.6 Å². The maximum Gasteiger partial charge on any atom is 0.237 e. The first-order valence-electron chi connectivity index (χ1n) is 7.82. The van der Waals surface area contributed by atoms with Crippen LogP contribution in [0.5, 0.6) is 0 Å². The van der Waals surface area contributed by atoms with Crippen LogP contribution in [0, 0.1) is 5.92 Å². The Labute approximate surface area is 121 Å². The number of hydrogen-bond donors (Lipinski definition) is 1. The van der Waals surface area contributed by atoms with E-state index in [1.54, 1.807) is 0 Å². The summed E-state index contributed by atoms with van der Waals surface area (Å²) in [6, 6.07) is 0.712. The lowest BCUT2D eigenvalue weighted by Crippen LogP contribution is -2.52. The number of nitrogens with zero attached hydrogens (tertiary/aromatic N) is 2. The zero-order chi connectivity index (χ0) is 14.7.